The van der Waals surface area contributed by atoms with Gasteiger partial charge in [0.15, 0.2) is 11.3 Å². The summed E-state index contributed by atoms with van der Waals surface area (Å²) in [6.07, 6.45) is 11.6. The number of carbonyl (C=O) groups is 3. The molecule has 2 N–H and O–H groups in total. The molecule has 10 rings (SSSR count). The van der Waals surface area contributed by atoms with Gasteiger partial charge >= 0.3 is 5.69 Å². The number of carbonyl (C=O) groups excluding carboxylic acids is 3. The number of benzene rings is 1. The Morgan fingerprint density at radius 1 is 1.03 bits per heavy atom. The third-order valence-electron chi connectivity index (χ3n) is 13.3. The number of fused-ring (bicyclic) bond motifs is 2. The predicted molar refractivity (Wildman–Crippen MR) is 215 cm³/mol. The van der Waals surface area contributed by atoms with Crippen molar-refractivity contribution < 1.29 is 18.8 Å². The molecule has 17 heteroatoms. The molecule has 1 aromatic carbocycles. The lowest BCUT2D eigenvalue weighted by Crippen LogP contribution is -2.61. The number of imide groups is 1. The summed E-state index contributed by atoms with van der Waals surface area (Å²) in [7, 11) is 3.54. The summed E-state index contributed by atoms with van der Waals surface area (Å²) in [5.41, 5.74) is 5.87. The fraction of sp³-hybridized carbons (Fsp3) is 0.512. The number of aliphatic imine (C=N–C) groups is 1. The molecule has 2 saturated carbocycles. The molecule has 2 aliphatic carbocycles. The van der Waals surface area contributed by atoms with E-state index in [-0.39, 0.29) is 35.8 Å². The van der Waals surface area contributed by atoms with E-state index in [0.29, 0.717) is 46.3 Å². The molecule has 16 nitrogen and oxygen atoms in total. The van der Waals surface area contributed by atoms with E-state index in [1.165, 1.54) is 15.3 Å². The second kappa shape index (κ2) is 14.0. The molecular formula is C41H47FN12O4. The minimum atomic E-state index is -1.13. The highest BCUT2D eigenvalue weighted by atomic mass is 19.1. The Morgan fingerprint density at radius 3 is 2.53 bits per heavy atom. The average molecular weight is 791 g/mol. The van der Waals surface area contributed by atoms with E-state index in [2.05, 4.69) is 47.2 Å². The van der Waals surface area contributed by atoms with Crippen LogP contribution in [0.4, 0.5) is 15.8 Å². The number of likely N-dealkylation sites (tertiary alicyclic amines) is 1. The highest BCUT2D eigenvalue weighted by Crippen LogP contribution is 2.43. The second-order valence-electron chi connectivity index (χ2n) is 17.0. The fourth-order valence-corrected chi connectivity index (χ4v) is 9.86. The zero-order chi connectivity index (χ0) is 39.9. The summed E-state index contributed by atoms with van der Waals surface area (Å²) >= 11 is 0. The standard InChI is InChI=1S/C41H47FN12O4/c1-43-31-17-29(48-54-35(19-44-37(31)54)39(57)46-30-16-28(30)42)25-18-45-52(21-25)26-5-3-24(4-6-26)20-50-22-41(23-50)11-13-51(14-12-41)27-7-8-32-34(15-27)49(2)40(58)53(32)33-9-10-36(55)47-38(33)56/h7-8,15,17-19,21,24,26,28,33,43H,3-6,9-14,16,20,22-23H2,1-2H3,(H,47,55,56)/t24?,26?,28-,33?/m0/s1. The summed E-state index contributed by atoms with van der Waals surface area (Å²) in [5, 5.41) is 15.0. The van der Waals surface area contributed by atoms with E-state index >= 15 is 0 Å². The number of rotatable bonds is 8. The van der Waals surface area contributed by atoms with Crippen LogP contribution in [0.5, 0.6) is 0 Å². The van der Waals surface area contributed by atoms with Crippen molar-refractivity contribution in [2.45, 2.75) is 76.0 Å². The van der Waals surface area contributed by atoms with Crippen LogP contribution in [0.3, 0.4) is 0 Å². The normalized spacial score (nSPS) is 25.4. The molecular weight excluding hydrogens is 744 g/mol. The van der Waals surface area contributed by atoms with E-state index in [9.17, 15) is 23.6 Å². The number of alkyl halides is 1. The van der Waals surface area contributed by atoms with E-state index in [1.54, 1.807) is 18.7 Å². The van der Waals surface area contributed by atoms with Crippen molar-refractivity contribution in [3.05, 3.63) is 59.0 Å². The Labute approximate surface area is 333 Å². The van der Waals surface area contributed by atoms with Crippen LogP contribution in [0, 0.1) is 11.3 Å². The monoisotopic (exact) mass is 790 g/mol. The topological polar surface area (TPSA) is 169 Å². The van der Waals surface area contributed by atoms with Gasteiger partial charge in [0.1, 0.15) is 12.2 Å². The zero-order valence-corrected chi connectivity index (χ0v) is 32.7. The minimum Gasteiger partial charge on any atom is -0.385 e. The number of nitrogens with one attached hydrogen (secondary N) is 2. The van der Waals surface area contributed by atoms with Gasteiger partial charge in [0.05, 0.1) is 46.6 Å². The molecule has 2 atom stereocenters. The lowest BCUT2D eigenvalue weighted by molar-refractivity contribution is -0.135. The first kappa shape index (κ1) is 36.6. The molecule has 58 heavy (non-hydrogen) atoms. The van der Waals surface area contributed by atoms with Crippen molar-refractivity contribution in [3.8, 4) is 11.3 Å². The number of amides is 3. The molecule has 5 aliphatic rings. The minimum absolute atomic E-state index is 0.190. The van der Waals surface area contributed by atoms with Crippen molar-refractivity contribution in [1.82, 2.24) is 43.7 Å². The lowest BCUT2D eigenvalue weighted by atomic mass is 9.71. The van der Waals surface area contributed by atoms with Gasteiger partial charge in [-0.25, -0.2) is 23.7 Å². The maximum atomic E-state index is 13.4. The molecule has 302 valence electrons. The number of aryl methyl sites for hydroxylation is 1. The van der Waals surface area contributed by atoms with Gasteiger partial charge in [-0.15, -0.1) is 0 Å². The summed E-state index contributed by atoms with van der Waals surface area (Å²) in [4.78, 5) is 63.7. The largest absolute Gasteiger partial charge is 0.385 e. The van der Waals surface area contributed by atoms with E-state index in [0.717, 1.165) is 88.0 Å². The molecule has 0 radical (unpaired) electrons. The van der Waals surface area contributed by atoms with Crippen molar-refractivity contribution >= 4 is 51.5 Å². The van der Waals surface area contributed by atoms with E-state index in [1.807, 2.05) is 24.5 Å². The van der Waals surface area contributed by atoms with Crippen LogP contribution in [0.15, 0.2) is 52.6 Å². The van der Waals surface area contributed by atoms with Gasteiger partial charge in [-0.2, -0.15) is 10.2 Å². The molecule has 1 unspecified atom stereocenters. The molecule has 0 bridgehead atoms. The van der Waals surface area contributed by atoms with Gasteiger partial charge < -0.3 is 15.1 Å². The van der Waals surface area contributed by atoms with Crippen molar-refractivity contribution in [2.24, 2.45) is 23.4 Å². The van der Waals surface area contributed by atoms with Gasteiger partial charge in [0.25, 0.3) is 5.91 Å². The summed E-state index contributed by atoms with van der Waals surface area (Å²) in [5.74, 6) is -0.598. The Hall–Kier alpha value is -5.71. The van der Waals surface area contributed by atoms with E-state index in [4.69, 9.17) is 10.2 Å². The number of imidazole rings is 2. The maximum absolute atomic E-state index is 13.4. The van der Waals surface area contributed by atoms with Crippen LogP contribution in [0.25, 0.3) is 27.9 Å². The SMILES string of the molecule is CNc1cc(-c2cnn(C3CCC(CN4CC5(CCN(c6ccc7c(c6)n(C)c(=O)n7C6CCC(=O)NC6=O)CC5)C4)CC3)c2)nn2c(C(=O)N=C3C[C@@H]3F)cnc12. The third-order valence-corrected chi connectivity index (χ3v) is 13.3. The maximum Gasteiger partial charge on any atom is 0.329 e. The van der Waals surface area contributed by atoms with Crippen LogP contribution in [-0.4, -0.2) is 108 Å². The van der Waals surface area contributed by atoms with Crippen molar-refractivity contribution in [1.29, 1.82) is 0 Å². The van der Waals surface area contributed by atoms with Gasteiger partial charge in [-0.1, -0.05) is 0 Å². The van der Waals surface area contributed by atoms with Gasteiger partial charge in [0.2, 0.25) is 11.8 Å². The summed E-state index contributed by atoms with van der Waals surface area (Å²) in [6, 6.07) is 7.60. The molecule has 3 saturated heterocycles. The molecule has 7 heterocycles. The van der Waals surface area contributed by atoms with E-state index < -0.39 is 24.0 Å². The Morgan fingerprint density at radius 2 is 1.81 bits per heavy atom. The number of anilines is 2. The molecule has 5 fully saturated rings. The van der Waals surface area contributed by atoms with Crippen molar-refractivity contribution in [2.75, 3.05) is 50.0 Å². The lowest BCUT2D eigenvalue weighted by Gasteiger charge is -2.55. The number of piperidine rings is 2. The van der Waals surface area contributed by atoms with Crippen LogP contribution in [0.2, 0.25) is 0 Å². The summed E-state index contributed by atoms with van der Waals surface area (Å²) < 4.78 is 20.1. The molecule has 4 aromatic heterocycles. The first-order chi connectivity index (χ1) is 28.1. The summed E-state index contributed by atoms with van der Waals surface area (Å²) in [6.45, 7) is 5.36. The number of nitrogens with zero attached hydrogens (tertiary/aromatic N) is 10. The molecule has 3 aliphatic heterocycles. The zero-order valence-electron chi connectivity index (χ0n) is 32.7. The van der Waals surface area contributed by atoms with Crippen LogP contribution in [0.1, 0.15) is 80.4 Å². The highest BCUT2D eigenvalue weighted by molar-refractivity contribution is 6.12. The number of hydrogen-bond acceptors (Lipinski definition) is 10. The third kappa shape index (κ3) is 6.39. The van der Waals surface area contributed by atoms with Crippen molar-refractivity contribution in [3.63, 3.8) is 0 Å². The number of hydrogen-bond donors (Lipinski definition) is 2. The molecule has 5 aromatic rings. The smallest absolute Gasteiger partial charge is 0.329 e. The molecule has 1 spiro atoms. The van der Waals surface area contributed by atoms with Crippen LogP contribution >= 0.6 is 0 Å². The Bertz CT molecular complexity index is 2560. The molecule has 3 amide bonds. The Balaban J connectivity index is 0.724. The van der Waals surface area contributed by atoms with Crippen LogP contribution in [-0.2, 0) is 16.6 Å². The highest BCUT2D eigenvalue weighted by Gasteiger charge is 2.45. The van der Waals surface area contributed by atoms with Gasteiger partial charge in [-0.3, -0.25) is 33.5 Å². The van der Waals surface area contributed by atoms with Gasteiger partial charge in [0, 0.05) is 77.1 Å². The quantitative estimate of drug-likeness (QED) is 0.220. The van der Waals surface area contributed by atoms with Gasteiger partial charge in [-0.05, 0) is 80.5 Å². The fourth-order valence-electron chi connectivity index (χ4n) is 9.86. The average Bonchev–Trinajstić information content (AvgIpc) is 3.54. The number of halogens is 1. The number of aromatic nitrogens is 7. The predicted octanol–water partition coefficient (Wildman–Crippen LogP) is 3.92. The van der Waals surface area contributed by atoms with Crippen LogP contribution < -0.4 is 21.2 Å². The Kier molecular flexibility index (Phi) is 8.83. The second-order valence-corrected chi connectivity index (χ2v) is 17.0. The first-order valence-corrected chi connectivity index (χ1v) is 20.5. The first-order valence-electron chi connectivity index (χ1n) is 20.5.